The van der Waals surface area contributed by atoms with E-state index in [4.69, 9.17) is 4.74 Å². The van der Waals surface area contributed by atoms with Crippen LogP contribution in [0, 0.1) is 0 Å². The molecule has 18 heavy (non-hydrogen) atoms. The van der Waals surface area contributed by atoms with E-state index in [1.807, 2.05) is 24.3 Å². The maximum Gasteiger partial charge on any atom is 0.168 e. The fourth-order valence-electron chi connectivity index (χ4n) is 1.69. The van der Waals surface area contributed by atoms with Gasteiger partial charge >= 0.3 is 0 Å². The first-order chi connectivity index (χ1) is 8.70. The second-order valence-electron chi connectivity index (χ2n) is 3.80. The highest BCUT2D eigenvalue weighted by Crippen LogP contribution is 2.20. The molecule has 2 rings (SSSR count). The highest BCUT2D eigenvalue weighted by molar-refractivity contribution is 9.10. The van der Waals surface area contributed by atoms with Crippen molar-refractivity contribution in [1.29, 1.82) is 0 Å². The Bertz CT molecular complexity index is 569. The minimum absolute atomic E-state index is 0.0216. The molecule has 1 aromatic carbocycles. The highest BCUT2D eigenvalue weighted by atomic mass is 79.9. The summed E-state index contributed by atoms with van der Waals surface area (Å²) in [5.74, 6) is 0.752. The average Bonchev–Trinajstić information content (AvgIpc) is 2.39. The van der Waals surface area contributed by atoms with Crippen molar-refractivity contribution in [3.8, 4) is 5.75 Å². The van der Waals surface area contributed by atoms with E-state index in [9.17, 15) is 4.79 Å². The number of nitrogens with zero attached hydrogens (tertiary/aromatic N) is 1. The van der Waals surface area contributed by atoms with Crippen molar-refractivity contribution >= 4 is 21.7 Å². The summed E-state index contributed by atoms with van der Waals surface area (Å²) in [6.07, 6.45) is 3.53. The van der Waals surface area contributed by atoms with Gasteiger partial charge in [-0.15, -0.1) is 0 Å². The lowest BCUT2D eigenvalue weighted by molar-refractivity contribution is 0.0991. The normalized spacial score (nSPS) is 10.1. The monoisotopic (exact) mass is 305 g/mol. The van der Waals surface area contributed by atoms with Gasteiger partial charge in [-0.1, -0.05) is 18.2 Å². The maximum absolute atomic E-state index is 12.1. The summed E-state index contributed by atoms with van der Waals surface area (Å²) in [5.41, 5.74) is 1.47. The molecule has 0 amide bonds. The zero-order valence-corrected chi connectivity index (χ0v) is 11.5. The van der Waals surface area contributed by atoms with Crippen LogP contribution in [0.15, 0.2) is 47.2 Å². The molecule has 0 bridgehead atoms. The molecule has 0 saturated carbocycles. The summed E-state index contributed by atoms with van der Waals surface area (Å²) in [7, 11) is 1.60. The Balaban J connectivity index is 2.21. The topological polar surface area (TPSA) is 39.2 Å². The van der Waals surface area contributed by atoms with E-state index in [1.165, 1.54) is 0 Å². The van der Waals surface area contributed by atoms with Crippen molar-refractivity contribution in [2.24, 2.45) is 0 Å². The van der Waals surface area contributed by atoms with Crippen molar-refractivity contribution < 1.29 is 9.53 Å². The first kappa shape index (κ1) is 12.8. The van der Waals surface area contributed by atoms with E-state index in [0.29, 0.717) is 12.0 Å². The fraction of sp³-hybridized carbons (Fsp3) is 0.143. The van der Waals surface area contributed by atoms with Gasteiger partial charge in [0.05, 0.1) is 7.11 Å². The number of hydrogen-bond acceptors (Lipinski definition) is 3. The SMILES string of the molecule is COc1ccccc1CC(=O)c1cncc(Br)c1. The molecule has 3 nitrogen and oxygen atoms in total. The average molecular weight is 306 g/mol. The van der Waals surface area contributed by atoms with Gasteiger partial charge in [0.15, 0.2) is 5.78 Å². The van der Waals surface area contributed by atoms with Crippen LogP contribution in [0.4, 0.5) is 0 Å². The van der Waals surface area contributed by atoms with Crippen LogP contribution < -0.4 is 4.74 Å². The number of carbonyl (C=O) groups excluding carboxylic acids is 1. The number of methoxy groups -OCH3 is 1. The third kappa shape index (κ3) is 2.96. The van der Waals surface area contributed by atoms with Crippen LogP contribution in [-0.2, 0) is 6.42 Å². The first-order valence-corrected chi connectivity index (χ1v) is 6.25. The third-order valence-electron chi connectivity index (χ3n) is 2.57. The van der Waals surface area contributed by atoms with E-state index in [0.717, 1.165) is 15.8 Å². The van der Waals surface area contributed by atoms with Crippen LogP contribution in [0.2, 0.25) is 0 Å². The lowest BCUT2D eigenvalue weighted by Crippen LogP contribution is -2.05. The number of carbonyl (C=O) groups is 1. The molecule has 2 aromatic rings. The number of rotatable bonds is 4. The number of halogens is 1. The van der Waals surface area contributed by atoms with Gasteiger partial charge in [0.1, 0.15) is 5.75 Å². The van der Waals surface area contributed by atoms with Gasteiger partial charge in [0.25, 0.3) is 0 Å². The molecular weight excluding hydrogens is 294 g/mol. The molecule has 0 aliphatic heterocycles. The Morgan fingerprint density at radius 1 is 1.33 bits per heavy atom. The molecular formula is C14H12BrNO2. The molecule has 0 atom stereocenters. The number of ketones is 1. The predicted octanol–water partition coefficient (Wildman–Crippen LogP) is 3.28. The minimum Gasteiger partial charge on any atom is -0.496 e. The van der Waals surface area contributed by atoms with Gasteiger partial charge in [0, 0.05) is 34.4 Å². The van der Waals surface area contributed by atoms with Crippen molar-refractivity contribution in [1.82, 2.24) is 4.98 Å². The van der Waals surface area contributed by atoms with Gasteiger partial charge in [-0.3, -0.25) is 9.78 Å². The molecule has 0 aliphatic carbocycles. The Morgan fingerprint density at radius 3 is 2.83 bits per heavy atom. The lowest BCUT2D eigenvalue weighted by Gasteiger charge is -2.07. The van der Waals surface area contributed by atoms with Crippen LogP contribution in [0.3, 0.4) is 0 Å². The minimum atomic E-state index is 0.0216. The largest absolute Gasteiger partial charge is 0.496 e. The van der Waals surface area contributed by atoms with E-state index >= 15 is 0 Å². The Hall–Kier alpha value is -1.68. The highest BCUT2D eigenvalue weighted by Gasteiger charge is 2.11. The van der Waals surface area contributed by atoms with E-state index in [-0.39, 0.29) is 5.78 Å². The standard InChI is InChI=1S/C14H12BrNO2/c1-18-14-5-3-2-4-10(14)7-13(17)11-6-12(15)9-16-8-11/h2-6,8-9H,7H2,1H3. The number of Topliss-reactive ketones (excluding diaryl/α,β-unsaturated/α-hetero) is 1. The second-order valence-corrected chi connectivity index (χ2v) is 4.72. The number of hydrogen-bond donors (Lipinski definition) is 0. The summed E-state index contributed by atoms with van der Waals surface area (Å²) in [4.78, 5) is 16.1. The summed E-state index contributed by atoms with van der Waals surface area (Å²) >= 11 is 3.30. The maximum atomic E-state index is 12.1. The molecule has 92 valence electrons. The predicted molar refractivity (Wildman–Crippen MR) is 73.0 cm³/mol. The summed E-state index contributed by atoms with van der Waals surface area (Å²) in [6, 6.07) is 9.28. The molecule has 0 radical (unpaired) electrons. The van der Waals surface area contributed by atoms with Gasteiger partial charge in [-0.25, -0.2) is 0 Å². The van der Waals surface area contributed by atoms with E-state index < -0.39 is 0 Å². The van der Waals surface area contributed by atoms with E-state index in [1.54, 1.807) is 25.6 Å². The lowest BCUT2D eigenvalue weighted by atomic mass is 10.0. The van der Waals surface area contributed by atoms with Crippen molar-refractivity contribution in [3.05, 3.63) is 58.3 Å². The Kier molecular flexibility index (Phi) is 4.10. The molecule has 0 spiro atoms. The smallest absolute Gasteiger partial charge is 0.168 e. The molecule has 0 unspecified atom stereocenters. The Morgan fingerprint density at radius 2 is 2.11 bits per heavy atom. The number of pyridine rings is 1. The molecule has 1 aromatic heterocycles. The van der Waals surface area contributed by atoms with E-state index in [2.05, 4.69) is 20.9 Å². The molecule has 0 N–H and O–H groups in total. The number of para-hydroxylation sites is 1. The number of ether oxygens (including phenoxy) is 1. The van der Waals surface area contributed by atoms with Gasteiger partial charge in [0.2, 0.25) is 0 Å². The quantitative estimate of drug-likeness (QED) is 0.814. The molecule has 0 fully saturated rings. The zero-order valence-electron chi connectivity index (χ0n) is 9.89. The summed E-state index contributed by atoms with van der Waals surface area (Å²) in [6.45, 7) is 0. The second kappa shape index (κ2) is 5.78. The Labute approximate surface area is 114 Å². The van der Waals surface area contributed by atoms with Crippen LogP contribution in [0.5, 0.6) is 5.75 Å². The number of benzene rings is 1. The number of aromatic nitrogens is 1. The molecule has 0 saturated heterocycles. The zero-order chi connectivity index (χ0) is 13.0. The third-order valence-corrected chi connectivity index (χ3v) is 3.00. The van der Waals surface area contributed by atoms with Crippen LogP contribution in [0.1, 0.15) is 15.9 Å². The van der Waals surface area contributed by atoms with Crippen LogP contribution in [-0.4, -0.2) is 17.9 Å². The van der Waals surface area contributed by atoms with Gasteiger partial charge in [-0.05, 0) is 28.1 Å². The van der Waals surface area contributed by atoms with Crippen LogP contribution >= 0.6 is 15.9 Å². The first-order valence-electron chi connectivity index (χ1n) is 5.46. The van der Waals surface area contributed by atoms with Crippen LogP contribution in [0.25, 0.3) is 0 Å². The fourth-order valence-corrected chi connectivity index (χ4v) is 2.05. The van der Waals surface area contributed by atoms with Crippen molar-refractivity contribution in [2.75, 3.05) is 7.11 Å². The summed E-state index contributed by atoms with van der Waals surface area (Å²) < 4.78 is 6.03. The molecule has 4 heteroatoms. The van der Waals surface area contributed by atoms with Gasteiger partial charge < -0.3 is 4.74 Å². The van der Waals surface area contributed by atoms with Gasteiger partial charge in [-0.2, -0.15) is 0 Å². The van der Waals surface area contributed by atoms with Crippen molar-refractivity contribution in [3.63, 3.8) is 0 Å². The van der Waals surface area contributed by atoms with Crippen molar-refractivity contribution in [2.45, 2.75) is 6.42 Å². The summed E-state index contributed by atoms with van der Waals surface area (Å²) in [5, 5.41) is 0. The molecule has 1 heterocycles. The molecule has 0 aliphatic rings.